The highest BCUT2D eigenvalue weighted by atomic mass is 31.2. The van der Waals surface area contributed by atoms with Crippen molar-refractivity contribution in [1.82, 2.24) is 0 Å². The Kier molecular flexibility index (Phi) is 24.1. The summed E-state index contributed by atoms with van der Waals surface area (Å²) in [6, 6.07) is 9.99. The molecule has 7 heteroatoms. The van der Waals surface area contributed by atoms with Crippen molar-refractivity contribution >= 4 is 14.6 Å². The molecule has 0 bridgehead atoms. The molecule has 0 aliphatic carbocycles. The molecule has 0 aliphatic rings. The Balaban J connectivity index is 1.95. The van der Waals surface area contributed by atoms with Crippen LogP contribution < -0.4 is 9.05 Å². The number of hydrogen-bond donors (Lipinski definition) is 1. The summed E-state index contributed by atoms with van der Waals surface area (Å²) >= 11 is 0. The number of benzene rings is 2. The fourth-order valence-electron chi connectivity index (χ4n) is 8.00. The molecule has 2 atom stereocenters. The molecular weight excluding hydrogens is 743 g/mol. The Hall–Kier alpha value is -2.17. The number of hydrogen-bond acceptors (Lipinski definition) is 4. The molecular formula is C51H86FO5P. The summed E-state index contributed by atoms with van der Waals surface area (Å²) in [5.41, 5.74) is 3.41. The van der Waals surface area contributed by atoms with Crippen LogP contribution in [0.1, 0.15) is 251 Å². The first-order chi connectivity index (χ1) is 27.5. The van der Waals surface area contributed by atoms with Gasteiger partial charge in [0.2, 0.25) is 0 Å². The molecule has 332 valence electrons. The van der Waals surface area contributed by atoms with Crippen LogP contribution in [-0.2, 0) is 25.8 Å². The highest BCUT2D eigenvalue weighted by Crippen LogP contribution is 2.52. The average Bonchev–Trinajstić information content (AvgIpc) is 3.18. The molecule has 58 heavy (non-hydrogen) atoms. The predicted octanol–water partition coefficient (Wildman–Crippen LogP) is 17.6. The van der Waals surface area contributed by atoms with E-state index in [1.807, 2.05) is 37.3 Å². The topological polar surface area (TPSA) is 65.0 Å². The number of aliphatic carboxylic acids is 1. The third-order valence-electron chi connectivity index (χ3n) is 12.8. The molecule has 0 radical (unpaired) electrons. The summed E-state index contributed by atoms with van der Waals surface area (Å²) in [5, 5.41) is 10.4. The predicted molar refractivity (Wildman–Crippen MR) is 246 cm³/mol. The van der Waals surface area contributed by atoms with Crippen LogP contribution in [0, 0.1) is 6.92 Å². The van der Waals surface area contributed by atoms with Gasteiger partial charge < -0.3 is 14.2 Å². The van der Waals surface area contributed by atoms with Crippen molar-refractivity contribution in [3.05, 3.63) is 58.1 Å². The number of rotatable bonds is 32. The number of carboxylic acid groups (broad SMARTS) is 1. The van der Waals surface area contributed by atoms with Crippen LogP contribution in [0.3, 0.4) is 0 Å². The lowest BCUT2D eigenvalue weighted by atomic mass is 9.76. The second-order valence-corrected chi connectivity index (χ2v) is 20.4. The van der Waals surface area contributed by atoms with Crippen LogP contribution in [0.2, 0.25) is 0 Å². The molecule has 0 amide bonds. The number of carbonyl (C=O) groups is 1. The molecule has 0 heterocycles. The molecule has 0 fully saturated rings. The van der Waals surface area contributed by atoms with Crippen LogP contribution in [0.25, 0.3) is 0 Å². The van der Waals surface area contributed by atoms with E-state index in [2.05, 4.69) is 74.0 Å². The maximum Gasteiger partial charge on any atom is 0.497 e. The zero-order valence-corrected chi connectivity index (χ0v) is 40.0. The minimum Gasteiger partial charge on any atom is -0.481 e. The molecule has 2 aromatic carbocycles. The van der Waals surface area contributed by atoms with Crippen molar-refractivity contribution in [1.29, 1.82) is 0 Å². The number of aryl methyl sites for hydroxylation is 1. The highest BCUT2D eigenvalue weighted by Gasteiger charge is 2.35. The maximum absolute atomic E-state index is 14.5. The van der Waals surface area contributed by atoms with E-state index in [4.69, 9.17) is 9.05 Å². The second kappa shape index (κ2) is 26.9. The zero-order chi connectivity index (χ0) is 43.2. The quantitative estimate of drug-likeness (QED) is 0.0588. The Morgan fingerprint density at radius 3 is 1.38 bits per heavy atom. The first-order valence-electron chi connectivity index (χ1n) is 23.5. The maximum atomic E-state index is 14.5. The van der Waals surface area contributed by atoms with Gasteiger partial charge in [-0.2, -0.15) is 0 Å². The van der Waals surface area contributed by atoms with Gasteiger partial charge in [-0.25, -0.2) is 0 Å². The molecule has 0 aliphatic heterocycles. The fourth-order valence-corrected chi connectivity index (χ4v) is 8.83. The summed E-state index contributed by atoms with van der Waals surface area (Å²) in [6.07, 6.45) is 28.7. The van der Waals surface area contributed by atoms with E-state index < -0.39 is 25.9 Å². The van der Waals surface area contributed by atoms with Crippen LogP contribution in [0.5, 0.6) is 11.5 Å². The van der Waals surface area contributed by atoms with E-state index in [0.29, 0.717) is 17.9 Å². The molecule has 5 nitrogen and oxygen atoms in total. The minimum atomic E-state index is -2.48. The monoisotopic (exact) mass is 829 g/mol. The van der Waals surface area contributed by atoms with Gasteiger partial charge in [0.05, 0.1) is 5.92 Å². The van der Waals surface area contributed by atoms with E-state index >= 15 is 0 Å². The van der Waals surface area contributed by atoms with Crippen LogP contribution in [0.15, 0.2) is 30.3 Å². The molecule has 2 unspecified atom stereocenters. The zero-order valence-electron chi connectivity index (χ0n) is 39.1. The van der Waals surface area contributed by atoms with Crippen LogP contribution in [-0.4, -0.2) is 11.1 Å². The Morgan fingerprint density at radius 2 is 1.02 bits per heavy atom. The molecule has 2 rings (SSSR count). The van der Waals surface area contributed by atoms with E-state index in [9.17, 15) is 14.4 Å². The Labute approximate surface area is 357 Å². The van der Waals surface area contributed by atoms with Crippen molar-refractivity contribution in [2.75, 3.05) is 0 Å². The van der Waals surface area contributed by atoms with E-state index in [1.54, 1.807) is 0 Å². The first-order valence-corrected chi connectivity index (χ1v) is 24.6. The lowest BCUT2D eigenvalue weighted by Crippen LogP contribution is -2.22. The molecule has 0 saturated heterocycles. The molecule has 0 aromatic heterocycles. The third-order valence-corrected chi connectivity index (χ3v) is 13.6. The Bertz CT molecular complexity index is 1410. The molecule has 0 saturated carbocycles. The van der Waals surface area contributed by atoms with Gasteiger partial charge >= 0.3 is 14.6 Å². The largest absolute Gasteiger partial charge is 0.497 e. The van der Waals surface area contributed by atoms with Crippen molar-refractivity contribution in [3.8, 4) is 11.5 Å². The van der Waals surface area contributed by atoms with Gasteiger partial charge in [0.25, 0.3) is 0 Å². The van der Waals surface area contributed by atoms with E-state index in [-0.39, 0.29) is 10.8 Å². The van der Waals surface area contributed by atoms with Crippen molar-refractivity contribution in [2.45, 2.75) is 246 Å². The fraction of sp³-hybridized carbons (Fsp3) is 0.745. The van der Waals surface area contributed by atoms with Gasteiger partial charge in [-0.3, -0.25) is 4.79 Å². The molecule has 1 N–H and O–H groups in total. The SMILES string of the molecule is CCCCCCCCCCCCCCCCCCCCCCC(C(=O)O)c1cc(C)c(OP(OF)Oc2c(C(C)(C)CC)cccc2C(C)(C)CC)c(C(C)(C)C)c1. The minimum absolute atomic E-state index is 0.224. The van der Waals surface area contributed by atoms with Crippen molar-refractivity contribution < 1.29 is 28.2 Å². The summed E-state index contributed by atoms with van der Waals surface area (Å²) in [5.74, 6) is -0.352. The average molecular weight is 829 g/mol. The van der Waals surface area contributed by atoms with Gasteiger partial charge in [-0.05, 0) is 58.1 Å². The Morgan fingerprint density at radius 1 is 0.621 bits per heavy atom. The molecule has 0 spiro atoms. The number of halogens is 1. The standard InChI is InChI=1S/C51H86FO5P/c1-12-15-16-17-18-19-20-21-22-23-24-25-26-27-28-29-30-31-32-33-35-42(48(53)54)41-38-40(4)46(45(39-41)49(5,6)7)55-58(57-52)56-47-43(50(8,9)13-2)36-34-37-44(47)51(10,11)14-3/h34,36-39,42H,12-33,35H2,1-11H3,(H,53,54). The number of unbranched alkanes of at least 4 members (excludes halogenated alkanes) is 19. The van der Waals surface area contributed by atoms with Crippen molar-refractivity contribution in [2.24, 2.45) is 0 Å². The van der Waals surface area contributed by atoms with Gasteiger partial charge in [0.1, 0.15) is 11.5 Å². The van der Waals surface area contributed by atoms with E-state index in [1.165, 1.54) is 109 Å². The van der Waals surface area contributed by atoms with Gasteiger partial charge in [-0.1, -0.05) is 233 Å². The number of carboxylic acids is 1. The summed E-state index contributed by atoms with van der Waals surface area (Å²) in [6.45, 7) is 23.3. The summed E-state index contributed by atoms with van der Waals surface area (Å²) in [7, 11) is -2.48. The lowest BCUT2D eigenvalue weighted by molar-refractivity contribution is -0.139. The van der Waals surface area contributed by atoms with Crippen LogP contribution >= 0.6 is 8.60 Å². The first kappa shape index (κ1) is 52.0. The smallest absolute Gasteiger partial charge is 0.481 e. The van der Waals surface area contributed by atoms with Gasteiger partial charge in [-0.15, -0.1) is 0 Å². The van der Waals surface area contributed by atoms with Gasteiger partial charge in [0.15, 0.2) is 0 Å². The lowest BCUT2D eigenvalue weighted by Gasteiger charge is -2.33. The van der Waals surface area contributed by atoms with Crippen molar-refractivity contribution in [3.63, 3.8) is 0 Å². The van der Waals surface area contributed by atoms with E-state index in [0.717, 1.165) is 59.9 Å². The highest BCUT2D eigenvalue weighted by molar-refractivity contribution is 7.42. The van der Waals surface area contributed by atoms with Gasteiger partial charge in [0, 0.05) is 16.7 Å². The molecule has 2 aromatic rings. The third kappa shape index (κ3) is 17.8. The normalized spacial score (nSPS) is 13.4. The second-order valence-electron chi connectivity index (χ2n) is 19.5. The van der Waals surface area contributed by atoms with Crippen LogP contribution in [0.4, 0.5) is 4.53 Å². The number of para-hydroxylation sites is 1. The summed E-state index contributed by atoms with van der Waals surface area (Å²) < 4.78 is 31.8. The summed E-state index contributed by atoms with van der Waals surface area (Å²) in [4.78, 5) is 12.7.